The standard InChI is InChI=1S/C10H20F3N/c1-4-9(5-2)8(3)6-14-7-10(11,12)13/h8-9,14H,4-7H2,1-3H3. The third kappa shape index (κ3) is 6.24. The summed E-state index contributed by atoms with van der Waals surface area (Å²) in [5.41, 5.74) is 0. The molecule has 0 spiro atoms. The largest absolute Gasteiger partial charge is 0.401 e. The lowest BCUT2D eigenvalue weighted by Gasteiger charge is -2.21. The van der Waals surface area contributed by atoms with Crippen molar-refractivity contribution in [2.75, 3.05) is 13.1 Å². The fourth-order valence-corrected chi connectivity index (χ4v) is 1.70. The van der Waals surface area contributed by atoms with Crippen molar-refractivity contribution < 1.29 is 13.2 Å². The zero-order valence-corrected chi connectivity index (χ0v) is 9.12. The minimum atomic E-state index is -4.09. The quantitative estimate of drug-likeness (QED) is 0.711. The highest BCUT2D eigenvalue weighted by Gasteiger charge is 2.26. The number of alkyl halides is 3. The average Bonchev–Trinajstić information content (AvgIpc) is 2.04. The van der Waals surface area contributed by atoms with Crippen LogP contribution in [-0.4, -0.2) is 19.3 Å². The molecule has 0 aromatic carbocycles. The molecule has 0 rings (SSSR count). The smallest absolute Gasteiger partial charge is 0.308 e. The summed E-state index contributed by atoms with van der Waals surface area (Å²) in [6.07, 6.45) is -2.02. The molecule has 0 aliphatic rings. The lowest BCUT2D eigenvalue weighted by atomic mass is 9.89. The summed E-state index contributed by atoms with van der Waals surface area (Å²) in [7, 11) is 0. The Labute approximate surface area is 84.1 Å². The van der Waals surface area contributed by atoms with Crippen molar-refractivity contribution in [2.24, 2.45) is 11.8 Å². The van der Waals surface area contributed by atoms with Gasteiger partial charge in [0.05, 0.1) is 6.54 Å². The molecule has 14 heavy (non-hydrogen) atoms. The molecule has 1 N–H and O–H groups in total. The molecule has 0 amide bonds. The summed E-state index contributed by atoms with van der Waals surface area (Å²) in [5.74, 6) is 0.836. The highest BCUT2D eigenvalue weighted by Crippen LogP contribution is 2.19. The Balaban J connectivity index is 3.67. The Hall–Kier alpha value is -0.250. The molecule has 4 heteroatoms. The predicted octanol–water partition coefficient (Wildman–Crippen LogP) is 3.21. The van der Waals surface area contributed by atoms with E-state index in [4.69, 9.17) is 0 Å². The summed E-state index contributed by atoms with van der Waals surface area (Å²) in [4.78, 5) is 0. The van der Waals surface area contributed by atoms with Gasteiger partial charge in [-0.05, 0) is 18.4 Å². The van der Waals surface area contributed by atoms with E-state index in [9.17, 15) is 13.2 Å². The minimum absolute atomic E-state index is 0.312. The van der Waals surface area contributed by atoms with Gasteiger partial charge < -0.3 is 5.32 Å². The molecule has 0 bridgehead atoms. The average molecular weight is 211 g/mol. The summed E-state index contributed by atoms with van der Waals surface area (Å²) in [6, 6.07) is 0. The van der Waals surface area contributed by atoms with Crippen molar-refractivity contribution in [1.82, 2.24) is 5.32 Å². The van der Waals surface area contributed by atoms with Crippen LogP contribution in [0.2, 0.25) is 0 Å². The number of hydrogen-bond donors (Lipinski definition) is 1. The zero-order valence-electron chi connectivity index (χ0n) is 9.12. The van der Waals surface area contributed by atoms with Crippen molar-refractivity contribution >= 4 is 0 Å². The normalized spacial score (nSPS) is 14.8. The van der Waals surface area contributed by atoms with E-state index < -0.39 is 12.7 Å². The molecule has 0 fully saturated rings. The third-order valence-electron chi connectivity index (χ3n) is 2.65. The van der Waals surface area contributed by atoms with E-state index in [1.165, 1.54) is 0 Å². The van der Waals surface area contributed by atoms with Crippen LogP contribution in [0.5, 0.6) is 0 Å². The molecular formula is C10H20F3N. The lowest BCUT2D eigenvalue weighted by molar-refractivity contribution is -0.125. The molecule has 1 unspecified atom stereocenters. The second kappa shape index (κ2) is 6.27. The van der Waals surface area contributed by atoms with E-state index >= 15 is 0 Å². The van der Waals surface area contributed by atoms with Gasteiger partial charge in [-0.2, -0.15) is 13.2 Å². The van der Waals surface area contributed by atoms with E-state index in [-0.39, 0.29) is 0 Å². The molecule has 0 aliphatic carbocycles. The zero-order chi connectivity index (χ0) is 11.2. The molecule has 0 aromatic rings. The number of rotatable bonds is 6. The number of halogens is 3. The molecule has 0 radical (unpaired) electrons. The molecule has 86 valence electrons. The van der Waals surface area contributed by atoms with Gasteiger partial charge in [0.25, 0.3) is 0 Å². The maximum absolute atomic E-state index is 11.8. The first-order valence-electron chi connectivity index (χ1n) is 5.18. The van der Waals surface area contributed by atoms with Crippen LogP contribution in [0, 0.1) is 11.8 Å². The Morgan fingerprint density at radius 3 is 2.00 bits per heavy atom. The van der Waals surface area contributed by atoms with Gasteiger partial charge in [-0.25, -0.2) is 0 Å². The van der Waals surface area contributed by atoms with Crippen molar-refractivity contribution in [1.29, 1.82) is 0 Å². The van der Waals surface area contributed by atoms with Crippen LogP contribution in [0.15, 0.2) is 0 Å². The van der Waals surface area contributed by atoms with E-state index in [0.29, 0.717) is 18.4 Å². The molecular weight excluding hydrogens is 191 g/mol. The van der Waals surface area contributed by atoms with E-state index in [1.807, 2.05) is 6.92 Å². The van der Waals surface area contributed by atoms with Crippen LogP contribution in [-0.2, 0) is 0 Å². The summed E-state index contributed by atoms with van der Waals surface area (Å²) in [6.45, 7) is 5.73. The highest BCUT2D eigenvalue weighted by molar-refractivity contribution is 4.67. The van der Waals surface area contributed by atoms with Crippen molar-refractivity contribution in [3.05, 3.63) is 0 Å². The monoisotopic (exact) mass is 211 g/mol. The van der Waals surface area contributed by atoms with Gasteiger partial charge in [0, 0.05) is 0 Å². The van der Waals surface area contributed by atoms with E-state index in [0.717, 1.165) is 12.8 Å². The number of nitrogens with one attached hydrogen (secondary N) is 1. The first-order chi connectivity index (χ1) is 6.40. The lowest BCUT2D eigenvalue weighted by Crippen LogP contribution is -2.33. The van der Waals surface area contributed by atoms with Crippen LogP contribution in [0.3, 0.4) is 0 Å². The molecule has 0 saturated carbocycles. The third-order valence-corrected chi connectivity index (χ3v) is 2.65. The molecule has 0 saturated heterocycles. The fourth-order valence-electron chi connectivity index (χ4n) is 1.70. The van der Waals surface area contributed by atoms with Crippen LogP contribution >= 0.6 is 0 Å². The van der Waals surface area contributed by atoms with Gasteiger partial charge in [-0.1, -0.05) is 33.6 Å². The van der Waals surface area contributed by atoms with Crippen LogP contribution in [0.25, 0.3) is 0 Å². The van der Waals surface area contributed by atoms with Crippen molar-refractivity contribution in [3.63, 3.8) is 0 Å². The molecule has 1 atom stereocenters. The maximum Gasteiger partial charge on any atom is 0.401 e. The molecule has 0 aliphatic heterocycles. The van der Waals surface area contributed by atoms with E-state index in [2.05, 4.69) is 19.2 Å². The van der Waals surface area contributed by atoms with Gasteiger partial charge >= 0.3 is 6.18 Å². The number of hydrogen-bond acceptors (Lipinski definition) is 1. The Morgan fingerprint density at radius 2 is 1.64 bits per heavy atom. The maximum atomic E-state index is 11.8. The Morgan fingerprint density at radius 1 is 1.14 bits per heavy atom. The summed E-state index contributed by atoms with van der Waals surface area (Å²) < 4.78 is 35.4. The molecule has 0 heterocycles. The highest BCUT2D eigenvalue weighted by atomic mass is 19.4. The summed E-state index contributed by atoms with van der Waals surface area (Å²) >= 11 is 0. The van der Waals surface area contributed by atoms with Crippen LogP contribution < -0.4 is 5.32 Å². The Bertz CT molecular complexity index is 141. The SMILES string of the molecule is CCC(CC)C(C)CNCC(F)(F)F. The summed E-state index contributed by atoms with van der Waals surface area (Å²) in [5, 5.41) is 2.45. The van der Waals surface area contributed by atoms with Crippen LogP contribution in [0.1, 0.15) is 33.6 Å². The van der Waals surface area contributed by atoms with Gasteiger partial charge in [0.2, 0.25) is 0 Å². The molecule has 1 nitrogen and oxygen atoms in total. The van der Waals surface area contributed by atoms with Gasteiger partial charge in [0.15, 0.2) is 0 Å². The fraction of sp³-hybridized carbons (Fsp3) is 1.00. The van der Waals surface area contributed by atoms with Crippen LogP contribution in [0.4, 0.5) is 13.2 Å². The predicted molar refractivity (Wildman–Crippen MR) is 52.2 cm³/mol. The van der Waals surface area contributed by atoms with Gasteiger partial charge in [0.1, 0.15) is 0 Å². The van der Waals surface area contributed by atoms with Gasteiger partial charge in [-0.3, -0.25) is 0 Å². The molecule has 0 aromatic heterocycles. The second-order valence-corrected chi connectivity index (χ2v) is 3.80. The first kappa shape index (κ1) is 13.8. The van der Waals surface area contributed by atoms with Crippen molar-refractivity contribution in [3.8, 4) is 0 Å². The minimum Gasteiger partial charge on any atom is -0.308 e. The topological polar surface area (TPSA) is 12.0 Å². The Kier molecular flexibility index (Phi) is 6.16. The van der Waals surface area contributed by atoms with Gasteiger partial charge in [-0.15, -0.1) is 0 Å². The first-order valence-corrected chi connectivity index (χ1v) is 5.18. The van der Waals surface area contributed by atoms with Crippen molar-refractivity contribution in [2.45, 2.75) is 39.8 Å². The van der Waals surface area contributed by atoms with E-state index in [1.54, 1.807) is 0 Å². The second-order valence-electron chi connectivity index (χ2n) is 3.80.